The summed E-state index contributed by atoms with van der Waals surface area (Å²) in [4.78, 5) is 25.3. The first kappa shape index (κ1) is 25.0. The van der Waals surface area contributed by atoms with Gasteiger partial charge in [0.25, 0.3) is 5.91 Å². The maximum Gasteiger partial charge on any atom is 0.341 e. The molecule has 0 aliphatic rings. The summed E-state index contributed by atoms with van der Waals surface area (Å²) in [7, 11) is 0. The van der Waals surface area contributed by atoms with Crippen molar-refractivity contribution < 1.29 is 23.8 Å². The van der Waals surface area contributed by atoms with Crippen LogP contribution in [0.1, 0.15) is 77.6 Å². The molecule has 0 fully saturated rings. The second-order valence-corrected chi connectivity index (χ2v) is 7.71. The van der Waals surface area contributed by atoms with Crippen LogP contribution < -0.4 is 10.1 Å². The molecule has 0 aromatic heterocycles. The standard InChI is InChI=1S/C23H37NO5/c1-7-10-11-14-23(6,29-9-3)22(26)24-18-12-13-20(28-16-17(4)5)19(15-18)21(25)27-8-2/h12-13,15,17H,7-11,14,16H2,1-6H3,(H,24,26). The van der Waals surface area contributed by atoms with Crippen LogP contribution in [0.4, 0.5) is 5.69 Å². The fourth-order valence-corrected chi connectivity index (χ4v) is 2.90. The van der Waals surface area contributed by atoms with Crippen molar-refractivity contribution in [3.05, 3.63) is 23.8 Å². The molecule has 0 saturated heterocycles. The Kier molecular flexibility index (Phi) is 10.7. The van der Waals surface area contributed by atoms with Crippen molar-refractivity contribution in [2.24, 2.45) is 5.92 Å². The zero-order valence-electron chi connectivity index (χ0n) is 18.8. The van der Waals surface area contributed by atoms with Gasteiger partial charge in [0.1, 0.15) is 16.9 Å². The summed E-state index contributed by atoms with van der Waals surface area (Å²) in [6.45, 7) is 12.8. The number of rotatable bonds is 13. The predicted octanol–water partition coefficient (Wildman–Crippen LogP) is 5.21. The lowest BCUT2D eigenvalue weighted by molar-refractivity contribution is -0.139. The summed E-state index contributed by atoms with van der Waals surface area (Å²) in [5.41, 5.74) is -0.105. The monoisotopic (exact) mass is 407 g/mol. The molecule has 1 aromatic rings. The largest absolute Gasteiger partial charge is 0.492 e. The quantitative estimate of drug-likeness (QED) is 0.359. The zero-order valence-corrected chi connectivity index (χ0v) is 18.8. The van der Waals surface area contributed by atoms with Crippen LogP contribution in [-0.2, 0) is 14.3 Å². The molecule has 1 unspecified atom stereocenters. The fourth-order valence-electron chi connectivity index (χ4n) is 2.90. The van der Waals surface area contributed by atoms with Gasteiger partial charge in [-0.3, -0.25) is 4.79 Å². The number of nitrogens with one attached hydrogen (secondary N) is 1. The van der Waals surface area contributed by atoms with Gasteiger partial charge in [0.2, 0.25) is 0 Å². The minimum atomic E-state index is -0.916. The molecule has 6 heteroatoms. The number of amides is 1. The molecule has 0 aliphatic carbocycles. The van der Waals surface area contributed by atoms with Gasteiger partial charge >= 0.3 is 5.97 Å². The molecule has 1 atom stereocenters. The van der Waals surface area contributed by atoms with E-state index < -0.39 is 11.6 Å². The molecule has 0 spiro atoms. The van der Waals surface area contributed by atoms with E-state index in [9.17, 15) is 9.59 Å². The third-order valence-electron chi connectivity index (χ3n) is 4.51. The number of esters is 1. The first-order valence-corrected chi connectivity index (χ1v) is 10.7. The highest BCUT2D eigenvalue weighted by Gasteiger charge is 2.33. The SMILES string of the molecule is CCCCCC(C)(OCC)C(=O)Nc1ccc(OCC(C)C)c(C(=O)OCC)c1. The number of anilines is 1. The van der Waals surface area contributed by atoms with E-state index in [1.54, 1.807) is 25.1 Å². The molecule has 0 saturated carbocycles. The molecule has 1 aromatic carbocycles. The van der Waals surface area contributed by atoms with E-state index in [1.807, 2.05) is 27.7 Å². The second-order valence-electron chi connectivity index (χ2n) is 7.71. The van der Waals surface area contributed by atoms with Crippen molar-refractivity contribution in [3.8, 4) is 5.75 Å². The summed E-state index contributed by atoms with van der Waals surface area (Å²) in [5.74, 6) is 0.0732. The maximum absolute atomic E-state index is 12.9. The number of hydrogen-bond donors (Lipinski definition) is 1. The van der Waals surface area contributed by atoms with Crippen LogP contribution in [0.2, 0.25) is 0 Å². The van der Waals surface area contributed by atoms with Gasteiger partial charge < -0.3 is 19.5 Å². The van der Waals surface area contributed by atoms with Gasteiger partial charge in [-0.1, -0.05) is 40.0 Å². The number of hydrogen-bond acceptors (Lipinski definition) is 5. The van der Waals surface area contributed by atoms with E-state index in [2.05, 4.69) is 12.2 Å². The Morgan fingerprint density at radius 1 is 1.10 bits per heavy atom. The average Bonchev–Trinajstić information content (AvgIpc) is 2.67. The predicted molar refractivity (Wildman–Crippen MR) is 116 cm³/mol. The van der Waals surface area contributed by atoms with Gasteiger partial charge in [-0.05, 0) is 51.3 Å². The zero-order chi connectivity index (χ0) is 21.9. The summed E-state index contributed by atoms with van der Waals surface area (Å²) >= 11 is 0. The minimum absolute atomic E-state index is 0.221. The molecule has 0 radical (unpaired) electrons. The van der Waals surface area contributed by atoms with Crippen molar-refractivity contribution in [2.45, 2.75) is 72.8 Å². The Balaban J connectivity index is 3.05. The molecule has 1 N–H and O–H groups in total. The van der Waals surface area contributed by atoms with Crippen LogP contribution >= 0.6 is 0 Å². The van der Waals surface area contributed by atoms with E-state index in [4.69, 9.17) is 14.2 Å². The average molecular weight is 408 g/mol. The van der Waals surface area contributed by atoms with Crippen molar-refractivity contribution in [1.29, 1.82) is 0 Å². The van der Waals surface area contributed by atoms with Gasteiger partial charge in [-0.2, -0.15) is 0 Å². The van der Waals surface area contributed by atoms with Crippen LogP contribution in [-0.4, -0.2) is 37.3 Å². The van der Waals surface area contributed by atoms with E-state index in [0.717, 1.165) is 19.3 Å². The summed E-state index contributed by atoms with van der Waals surface area (Å²) in [6.07, 6.45) is 3.67. The molecule has 0 bridgehead atoms. The number of carbonyl (C=O) groups is 2. The molecule has 1 amide bonds. The summed E-state index contributed by atoms with van der Waals surface area (Å²) in [5, 5.41) is 2.90. The van der Waals surface area contributed by atoms with Gasteiger partial charge in [0, 0.05) is 12.3 Å². The Morgan fingerprint density at radius 3 is 2.41 bits per heavy atom. The van der Waals surface area contributed by atoms with Gasteiger partial charge in [-0.15, -0.1) is 0 Å². The van der Waals surface area contributed by atoms with Crippen molar-refractivity contribution >= 4 is 17.6 Å². The molecule has 164 valence electrons. The van der Waals surface area contributed by atoms with E-state index >= 15 is 0 Å². The number of benzene rings is 1. The topological polar surface area (TPSA) is 73.9 Å². The minimum Gasteiger partial charge on any atom is -0.492 e. The smallest absolute Gasteiger partial charge is 0.341 e. The Hall–Kier alpha value is -2.08. The van der Waals surface area contributed by atoms with Gasteiger partial charge in [0.05, 0.1) is 13.2 Å². The maximum atomic E-state index is 12.9. The third-order valence-corrected chi connectivity index (χ3v) is 4.51. The van der Waals surface area contributed by atoms with Gasteiger partial charge in [0.15, 0.2) is 0 Å². The van der Waals surface area contributed by atoms with Crippen LogP contribution in [0.3, 0.4) is 0 Å². The Labute approximate surface area is 175 Å². The van der Waals surface area contributed by atoms with Crippen molar-refractivity contribution in [1.82, 2.24) is 0 Å². The molecule has 1 rings (SSSR count). The Bertz CT molecular complexity index is 659. The van der Waals surface area contributed by atoms with E-state index in [1.165, 1.54) is 0 Å². The first-order valence-electron chi connectivity index (χ1n) is 10.7. The van der Waals surface area contributed by atoms with Crippen molar-refractivity contribution in [3.63, 3.8) is 0 Å². The van der Waals surface area contributed by atoms with Crippen LogP contribution in [0.25, 0.3) is 0 Å². The van der Waals surface area contributed by atoms with Crippen LogP contribution in [0.15, 0.2) is 18.2 Å². The second kappa shape index (κ2) is 12.5. The highest BCUT2D eigenvalue weighted by molar-refractivity contribution is 5.99. The number of ether oxygens (including phenoxy) is 3. The molecular formula is C23H37NO5. The van der Waals surface area contributed by atoms with Crippen molar-refractivity contribution in [2.75, 3.05) is 25.1 Å². The highest BCUT2D eigenvalue weighted by atomic mass is 16.5. The fraction of sp³-hybridized carbons (Fsp3) is 0.652. The van der Waals surface area contributed by atoms with Crippen LogP contribution in [0, 0.1) is 5.92 Å². The van der Waals surface area contributed by atoms with E-state index in [-0.39, 0.29) is 12.5 Å². The molecule has 29 heavy (non-hydrogen) atoms. The highest BCUT2D eigenvalue weighted by Crippen LogP contribution is 2.27. The summed E-state index contributed by atoms with van der Waals surface area (Å²) in [6, 6.07) is 5.03. The number of unbranched alkanes of at least 4 members (excludes halogenated alkanes) is 2. The summed E-state index contributed by atoms with van der Waals surface area (Å²) < 4.78 is 16.7. The molecular weight excluding hydrogens is 370 g/mol. The van der Waals surface area contributed by atoms with E-state index in [0.29, 0.717) is 42.6 Å². The molecule has 0 aliphatic heterocycles. The Morgan fingerprint density at radius 2 is 1.83 bits per heavy atom. The normalized spacial score (nSPS) is 13.1. The lowest BCUT2D eigenvalue weighted by Crippen LogP contribution is -2.42. The number of carbonyl (C=O) groups excluding carboxylic acids is 2. The van der Waals surface area contributed by atoms with Gasteiger partial charge in [-0.25, -0.2) is 4.79 Å². The lowest BCUT2D eigenvalue weighted by atomic mass is 9.96. The lowest BCUT2D eigenvalue weighted by Gasteiger charge is -2.28. The van der Waals surface area contributed by atoms with Crippen LogP contribution in [0.5, 0.6) is 5.75 Å². The first-order chi connectivity index (χ1) is 13.8. The third kappa shape index (κ3) is 8.05. The molecule has 0 heterocycles. The molecule has 6 nitrogen and oxygen atoms in total.